The molecule has 24 heavy (non-hydrogen) atoms. The Labute approximate surface area is 142 Å². The highest BCUT2D eigenvalue weighted by Gasteiger charge is 2.16. The number of nitrogens with one attached hydrogen (secondary N) is 1. The molecule has 2 atom stereocenters. The van der Waals surface area contributed by atoms with Gasteiger partial charge in [0.25, 0.3) is 0 Å². The standard InChI is InChI=1S/C19H24FNO3/c1-12-9-14(20)5-7-16(12)18(22)11-21-13(2)17-8-6-15(23-3)10-19(17)24-4/h5-10,13,18,21-22H,11H2,1-4H3. The van der Waals surface area contributed by atoms with Crippen molar-refractivity contribution in [1.82, 2.24) is 5.32 Å². The molecule has 5 heteroatoms. The van der Waals surface area contributed by atoms with Gasteiger partial charge in [-0.15, -0.1) is 0 Å². The van der Waals surface area contributed by atoms with Crippen LogP contribution in [0.5, 0.6) is 11.5 Å². The van der Waals surface area contributed by atoms with Crippen LogP contribution in [0.1, 0.15) is 35.8 Å². The second kappa shape index (κ2) is 8.13. The maximum absolute atomic E-state index is 13.2. The number of benzene rings is 2. The Bertz CT molecular complexity index is 690. The van der Waals surface area contributed by atoms with E-state index in [2.05, 4.69) is 5.32 Å². The van der Waals surface area contributed by atoms with Crippen molar-refractivity contribution >= 4 is 0 Å². The van der Waals surface area contributed by atoms with Crippen molar-refractivity contribution in [3.8, 4) is 11.5 Å². The fraction of sp³-hybridized carbons (Fsp3) is 0.368. The zero-order valence-corrected chi connectivity index (χ0v) is 14.5. The third-order valence-electron chi connectivity index (χ3n) is 4.12. The van der Waals surface area contributed by atoms with Gasteiger partial charge in [0.1, 0.15) is 17.3 Å². The minimum Gasteiger partial charge on any atom is -0.497 e. The normalized spacial score (nSPS) is 13.4. The van der Waals surface area contributed by atoms with Crippen LogP contribution in [0.15, 0.2) is 36.4 Å². The molecule has 0 saturated carbocycles. The summed E-state index contributed by atoms with van der Waals surface area (Å²) in [5.41, 5.74) is 2.43. The zero-order valence-electron chi connectivity index (χ0n) is 14.5. The fourth-order valence-corrected chi connectivity index (χ4v) is 2.70. The Morgan fingerprint density at radius 2 is 1.79 bits per heavy atom. The van der Waals surface area contributed by atoms with E-state index >= 15 is 0 Å². The highest BCUT2D eigenvalue weighted by molar-refractivity contribution is 5.42. The lowest BCUT2D eigenvalue weighted by molar-refractivity contribution is 0.169. The largest absolute Gasteiger partial charge is 0.497 e. The van der Waals surface area contributed by atoms with Crippen LogP contribution in [0, 0.1) is 12.7 Å². The molecule has 0 radical (unpaired) electrons. The van der Waals surface area contributed by atoms with Crippen LogP contribution in [-0.2, 0) is 0 Å². The molecule has 0 saturated heterocycles. The maximum atomic E-state index is 13.2. The van der Waals surface area contributed by atoms with Gasteiger partial charge in [0.05, 0.1) is 20.3 Å². The Morgan fingerprint density at radius 1 is 1.08 bits per heavy atom. The first-order valence-corrected chi connectivity index (χ1v) is 7.85. The molecule has 0 spiro atoms. The van der Waals surface area contributed by atoms with Crippen molar-refractivity contribution < 1.29 is 19.0 Å². The second-order valence-corrected chi connectivity index (χ2v) is 5.75. The van der Waals surface area contributed by atoms with Crippen molar-refractivity contribution in [2.24, 2.45) is 0 Å². The van der Waals surface area contributed by atoms with E-state index in [9.17, 15) is 9.50 Å². The summed E-state index contributed by atoms with van der Waals surface area (Å²) in [6, 6.07) is 10.0. The van der Waals surface area contributed by atoms with E-state index in [-0.39, 0.29) is 11.9 Å². The Balaban J connectivity index is 2.06. The number of rotatable bonds is 7. The molecule has 2 unspecified atom stereocenters. The van der Waals surface area contributed by atoms with Gasteiger partial charge in [-0.1, -0.05) is 12.1 Å². The summed E-state index contributed by atoms with van der Waals surface area (Å²) >= 11 is 0. The molecule has 0 aliphatic heterocycles. The van der Waals surface area contributed by atoms with E-state index < -0.39 is 6.10 Å². The average Bonchev–Trinajstić information content (AvgIpc) is 2.58. The summed E-state index contributed by atoms with van der Waals surface area (Å²) in [4.78, 5) is 0. The molecule has 130 valence electrons. The third kappa shape index (κ3) is 4.24. The lowest BCUT2D eigenvalue weighted by Gasteiger charge is -2.21. The monoisotopic (exact) mass is 333 g/mol. The van der Waals surface area contributed by atoms with Gasteiger partial charge in [-0.25, -0.2) is 4.39 Å². The molecule has 0 aromatic heterocycles. The van der Waals surface area contributed by atoms with Crippen molar-refractivity contribution in [1.29, 1.82) is 0 Å². The maximum Gasteiger partial charge on any atom is 0.127 e. The molecule has 0 aliphatic carbocycles. The lowest BCUT2D eigenvalue weighted by atomic mass is 10.0. The van der Waals surface area contributed by atoms with E-state index in [0.29, 0.717) is 6.54 Å². The minimum absolute atomic E-state index is 0.0266. The molecular weight excluding hydrogens is 309 g/mol. The Kier molecular flexibility index (Phi) is 6.17. The zero-order chi connectivity index (χ0) is 17.7. The summed E-state index contributed by atoms with van der Waals surface area (Å²) in [7, 11) is 3.22. The molecule has 2 rings (SSSR count). The molecule has 2 aromatic carbocycles. The van der Waals surface area contributed by atoms with Crippen LogP contribution in [0.25, 0.3) is 0 Å². The average molecular weight is 333 g/mol. The van der Waals surface area contributed by atoms with E-state index in [1.54, 1.807) is 27.2 Å². The van der Waals surface area contributed by atoms with Gasteiger partial charge in [-0.05, 0) is 43.2 Å². The number of ether oxygens (including phenoxy) is 2. The summed E-state index contributed by atoms with van der Waals surface area (Å²) in [6.45, 7) is 4.13. The predicted octanol–water partition coefficient (Wildman–Crippen LogP) is 3.54. The van der Waals surface area contributed by atoms with Gasteiger partial charge in [0, 0.05) is 24.2 Å². The van der Waals surface area contributed by atoms with Crippen LogP contribution < -0.4 is 14.8 Å². The molecule has 0 bridgehead atoms. The van der Waals surface area contributed by atoms with Crippen LogP contribution in [-0.4, -0.2) is 25.9 Å². The summed E-state index contributed by atoms with van der Waals surface area (Å²) < 4.78 is 23.8. The van der Waals surface area contributed by atoms with Crippen molar-refractivity contribution in [3.05, 3.63) is 58.9 Å². The van der Waals surface area contributed by atoms with Crippen LogP contribution in [0.4, 0.5) is 4.39 Å². The summed E-state index contributed by atoms with van der Waals surface area (Å²) in [5.74, 6) is 1.15. The number of methoxy groups -OCH3 is 2. The Hall–Kier alpha value is -2.11. The fourth-order valence-electron chi connectivity index (χ4n) is 2.70. The van der Waals surface area contributed by atoms with Gasteiger partial charge in [-0.3, -0.25) is 0 Å². The number of aliphatic hydroxyl groups is 1. The molecule has 0 aliphatic rings. The molecule has 0 fully saturated rings. The van der Waals surface area contributed by atoms with Gasteiger partial charge in [0.15, 0.2) is 0 Å². The SMILES string of the molecule is COc1ccc(C(C)NCC(O)c2ccc(F)cc2C)c(OC)c1. The molecule has 4 nitrogen and oxygen atoms in total. The molecule has 2 N–H and O–H groups in total. The first kappa shape index (κ1) is 18.2. The van der Waals surface area contributed by atoms with Crippen molar-refractivity contribution in [3.63, 3.8) is 0 Å². The second-order valence-electron chi connectivity index (χ2n) is 5.75. The number of aryl methyl sites for hydroxylation is 1. The predicted molar refractivity (Wildman–Crippen MR) is 92.1 cm³/mol. The number of aliphatic hydroxyl groups excluding tert-OH is 1. The van der Waals surface area contributed by atoms with E-state index in [4.69, 9.17) is 9.47 Å². The molecular formula is C19H24FNO3. The smallest absolute Gasteiger partial charge is 0.127 e. The Morgan fingerprint density at radius 3 is 2.42 bits per heavy atom. The van der Waals surface area contributed by atoms with E-state index in [1.165, 1.54) is 12.1 Å². The number of hydrogen-bond donors (Lipinski definition) is 2. The van der Waals surface area contributed by atoms with Gasteiger partial charge >= 0.3 is 0 Å². The van der Waals surface area contributed by atoms with Crippen molar-refractivity contribution in [2.45, 2.75) is 26.0 Å². The van der Waals surface area contributed by atoms with Crippen LogP contribution >= 0.6 is 0 Å². The quantitative estimate of drug-likeness (QED) is 0.814. The first-order chi connectivity index (χ1) is 11.5. The topological polar surface area (TPSA) is 50.7 Å². The molecule has 0 heterocycles. The van der Waals surface area contributed by atoms with Crippen LogP contribution in [0.2, 0.25) is 0 Å². The number of halogens is 1. The third-order valence-corrected chi connectivity index (χ3v) is 4.12. The van der Waals surface area contributed by atoms with Crippen LogP contribution in [0.3, 0.4) is 0 Å². The highest BCUT2D eigenvalue weighted by Crippen LogP contribution is 2.29. The van der Waals surface area contributed by atoms with Crippen molar-refractivity contribution in [2.75, 3.05) is 20.8 Å². The highest BCUT2D eigenvalue weighted by atomic mass is 19.1. The molecule has 2 aromatic rings. The minimum atomic E-state index is -0.711. The van der Waals surface area contributed by atoms with E-state index in [1.807, 2.05) is 25.1 Å². The van der Waals surface area contributed by atoms with Gasteiger partial charge in [0.2, 0.25) is 0 Å². The summed E-state index contributed by atoms with van der Waals surface area (Å²) in [5, 5.41) is 13.6. The lowest BCUT2D eigenvalue weighted by Crippen LogP contribution is -2.25. The summed E-state index contributed by atoms with van der Waals surface area (Å²) in [6.07, 6.45) is -0.711. The van der Waals surface area contributed by atoms with Gasteiger partial charge in [-0.2, -0.15) is 0 Å². The molecule has 0 amide bonds. The first-order valence-electron chi connectivity index (χ1n) is 7.85. The van der Waals surface area contributed by atoms with E-state index in [0.717, 1.165) is 28.2 Å². The van der Waals surface area contributed by atoms with Gasteiger partial charge < -0.3 is 19.9 Å². The number of hydrogen-bond acceptors (Lipinski definition) is 4.